The molecule has 1 atom stereocenters. The van der Waals surface area contributed by atoms with Crippen molar-refractivity contribution in [1.82, 2.24) is 5.32 Å². The Labute approximate surface area is 101 Å². The summed E-state index contributed by atoms with van der Waals surface area (Å²) in [6.07, 6.45) is 9.18. The van der Waals surface area contributed by atoms with Crippen molar-refractivity contribution in [2.75, 3.05) is 6.54 Å². The number of carbonyl (C=O) groups is 1. The molecule has 0 rings (SSSR count). The van der Waals surface area contributed by atoms with E-state index in [1.807, 2.05) is 0 Å². The highest BCUT2D eigenvalue weighted by Crippen LogP contribution is 2.08. The van der Waals surface area contributed by atoms with Gasteiger partial charge >= 0.3 is 0 Å². The van der Waals surface area contributed by atoms with Gasteiger partial charge in [0.25, 0.3) is 0 Å². The van der Waals surface area contributed by atoms with Crippen molar-refractivity contribution in [2.45, 2.75) is 72.1 Å². The molecule has 96 valence electrons. The van der Waals surface area contributed by atoms with Gasteiger partial charge in [0.05, 0.1) is 0 Å². The molecule has 0 aromatic carbocycles. The second-order valence-corrected chi connectivity index (χ2v) is 4.82. The van der Waals surface area contributed by atoms with Crippen LogP contribution >= 0.6 is 0 Å². The largest absolute Gasteiger partial charge is 0.356 e. The third kappa shape index (κ3) is 10.0. The minimum absolute atomic E-state index is 0.232. The Hall–Kier alpha value is -0.530. The van der Waals surface area contributed by atoms with E-state index in [0.29, 0.717) is 12.3 Å². The second-order valence-electron chi connectivity index (χ2n) is 4.82. The Bertz CT molecular complexity index is 168. The second kappa shape index (κ2) is 11.0. The smallest absolute Gasteiger partial charge is 0.220 e. The molecule has 0 aromatic rings. The Morgan fingerprint density at radius 2 is 1.81 bits per heavy atom. The zero-order valence-corrected chi connectivity index (χ0v) is 11.3. The summed E-state index contributed by atoms with van der Waals surface area (Å²) >= 11 is 0. The molecule has 0 aliphatic rings. The van der Waals surface area contributed by atoms with Crippen molar-refractivity contribution in [3.05, 3.63) is 0 Å². The van der Waals surface area contributed by atoms with E-state index in [-0.39, 0.29) is 5.91 Å². The molecular formula is C14H29NO. The minimum atomic E-state index is 0.232. The maximum Gasteiger partial charge on any atom is 0.220 e. The summed E-state index contributed by atoms with van der Waals surface area (Å²) in [6, 6.07) is 0. The van der Waals surface area contributed by atoms with Crippen LogP contribution in [0.15, 0.2) is 0 Å². The minimum Gasteiger partial charge on any atom is -0.356 e. The maximum absolute atomic E-state index is 11.4. The molecule has 0 heterocycles. The van der Waals surface area contributed by atoms with Crippen molar-refractivity contribution < 1.29 is 4.79 Å². The lowest BCUT2D eigenvalue weighted by Crippen LogP contribution is -2.24. The van der Waals surface area contributed by atoms with Gasteiger partial charge in [-0.3, -0.25) is 4.79 Å². The topological polar surface area (TPSA) is 29.1 Å². The molecule has 0 bridgehead atoms. The maximum atomic E-state index is 11.4. The summed E-state index contributed by atoms with van der Waals surface area (Å²) in [5.74, 6) is 0.908. The lowest BCUT2D eigenvalue weighted by molar-refractivity contribution is -0.121. The zero-order chi connectivity index (χ0) is 12.2. The molecular weight excluding hydrogens is 198 g/mol. The van der Waals surface area contributed by atoms with Crippen LogP contribution in [0.4, 0.5) is 0 Å². The van der Waals surface area contributed by atoms with Crippen LogP contribution in [0.25, 0.3) is 0 Å². The van der Waals surface area contributed by atoms with Gasteiger partial charge < -0.3 is 5.32 Å². The predicted molar refractivity (Wildman–Crippen MR) is 70.5 cm³/mol. The van der Waals surface area contributed by atoms with Crippen molar-refractivity contribution in [1.29, 1.82) is 0 Å². The van der Waals surface area contributed by atoms with Crippen molar-refractivity contribution in [3.8, 4) is 0 Å². The summed E-state index contributed by atoms with van der Waals surface area (Å²) in [5.41, 5.74) is 0. The van der Waals surface area contributed by atoms with Gasteiger partial charge in [0.15, 0.2) is 0 Å². The van der Waals surface area contributed by atoms with Crippen LogP contribution in [0.3, 0.4) is 0 Å². The molecule has 0 saturated carbocycles. The third-order valence-corrected chi connectivity index (χ3v) is 3.16. The molecule has 16 heavy (non-hydrogen) atoms. The van der Waals surface area contributed by atoms with E-state index in [1.54, 1.807) is 0 Å². The van der Waals surface area contributed by atoms with E-state index in [0.717, 1.165) is 19.4 Å². The quantitative estimate of drug-likeness (QED) is 0.563. The predicted octanol–water partition coefficient (Wildman–Crippen LogP) is 3.90. The first-order chi connectivity index (χ1) is 7.70. The van der Waals surface area contributed by atoms with E-state index in [1.165, 1.54) is 32.1 Å². The molecule has 0 spiro atoms. The van der Waals surface area contributed by atoms with Gasteiger partial charge in [-0.2, -0.15) is 0 Å². The van der Waals surface area contributed by atoms with Gasteiger partial charge in [0.2, 0.25) is 5.91 Å². The van der Waals surface area contributed by atoms with Gasteiger partial charge in [0, 0.05) is 13.0 Å². The number of unbranched alkanes of at least 4 members (excludes halogenated alkanes) is 4. The fourth-order valence-corrected chi connectivity index (χ4v) is 1.63. The molecule has 1 amide bonds. The van der Waals surface area contributed by atoms with Gasteiger partial charge in [-0.05, 0) is 18.8 Å². The average molecular weight is 227 g/mol. The monoisotopic (exact) mass is 227 g/mol. The van der Waals surface area contributed by atoms with Crippen molar-refractivity contribution >= 4 is 5.91 Å². The molecule has 1 unspecified atom stereocenters. The van der Waals surface area contributed by atoms with Crippen molar-refractivity contribution in [2.24, 2.45) is 5.92 Å². The summed E-state index contributed by atoms with van der Waals surface area (Å²) in [4.78, 5) is 11.4. The van der Waals surface area contributed by atoms with Crippen LogP contribution in [0, 0.1) is 5.92 Å². The highest BCUT2D eigenvalue weighted by Gasteiger charge is 2.04. The van der Waals surface area contributed by atoms with Crippen LogP contribution in [0.5, 0.6) is 0 Å². The van der Waals surface area contributed by atoms with Crippen LogP contribution in [-0.2, 0) is 4.79 Å². The van der Waals surface area contributed by atoms with Crippen LogP contribution in [-0.4, -0.2) is 12.5 Å². The van der Waals surface area contributed by atoms with E-state index < -0.39 is 0 Å². The number of hydrogen-bond acceptors (Lipinski definition) is 1. The van der Waals surface area contributed by atoms with Gasteiger partial charge in [-0.1, -0.05) is 52.9 Å². The van der Waals surface area contributed by atoms with E-state index in [4.69, 9.17) is 0 Å². The number of amides is 1. The zero-order valence-electron chi connectivity index (χ0n) is 11.3. The average Bonchev–Trinajstić information content (AvgIpc) is 2.30. The summed E-state index contributed by atoms with van der Waals surface area (Å²) in [5, 5.41) is 3.00. The number of rotatable bonds is 10. The van der Waals surface area contributed by atoms with E-state index >= 15 is 0 Å². The lowest BCUT2D eigenvalue weighted by atomic mass is 10.0. The molecule has 0 saturated heterocycles. The Morgan fingerprint density at radius 1 is 1.12 bits per heavy atom. The first-order valence-corrected chi connectivity index (χ1v) is 6.97. The molecule has 2 nitrogen and oxygen atoms in total. The fourth-order valence-electron chi connectivity index (χ4n) is 1.63. The number of hydrogen-bond donors (Lipinski definition) is 1. The third-order valence-electron chi connectivity index (χ3n) is 3.16. The number of nitrogens with one attached hydrogen (secondary N) is 1. The van der Waals surface area contributed by atoms with Crippen LogP contribution in [0.2, 0.25) is 0 Å². The fraction of sp³-hybridized carbons (Fsp3) is 0.929. The first-order valence-electron chi connectivity index (χ1n) is 6.97. The van der Waals surface area contributed by atoms with Gasteiger partial charge in [-0.15, -0.1) is 0 Å². The summed E-state index contributed by atoms with van der Waals surface area (Å²) in [6.45, 7) is 7.47. The van der Waals surface area contributed by atoms with Crippen LogP contribution < -0.4 is 5.32 Å². The summed E-state index contributed by atoms with van der Waals surface area (Å²) in [7, 11) is 0. The van der Waals surface area contributed by atoms with Crippen LogP contribution in [0.1, 0.15) is 72.1 Å². The summed E-state index contributed by atoms with van der Waals surface area (Å²) < 4.78 is 0. The normalized spacial score (nSPS) is 12.4. The highest BCUT2D eigenvalue weighted by atomic mass is 16.1. The number of carbonyl (C=O) groups excluding carboxylic acids is 1. The standard InChI is InChI=1S/C14H29NO/c1-4-6-7-8-9-12-15-14(16)11-10-13(3)5-2/h13H,4-12H2,1-3H3,(H,15,16). The first kappa shape index (κ1) is 15.5. The van der Waals surface area contributed by atoms with Crippen molar-refractivity contribution in [3.63, 3.8) is 0 Å². The molecule has 2 heteroatoms. The Balaban J connectivity index is 3.24. The van der Waals surface area contributed by atoms with Gasteiger partial charge in [-0.25, -0.2) is 0 Å². The molecule has 0 aromatic heterocycles. The van der Waals surface area contributed by atoms with E-state index in [2.05, 4.69) is 26.1 Å². The Morgan fingerprint density at radius 3 is 2.44 bits per heavy atom. The van der Waals surface area contributed by atoms with E-state index in [9.17, 15) is 4.79 Å². The molecule has 0 aliphatic carbocycles. The molecule has 1 N–H and O–H groups in total. The lowest BCUT2D eigenvalue weighted by Gasteiger charge is -2.08. The molecule has 0 fully saturated rings. The Kier molecular flexibility index (Phi) is 10.6. The highest BCUT2D eigenvalue weighted by molar-refractivity contribution is 5.75. The van der Waals surface area contributed by atoms with Gasteiger partial charge in [0.1, 0.15) is 0 Å². The molecule has 0 radical (unpaired) electrons. The SMILES string of the molecule is CCCCCCCNC(=O)CCC(C)CC. The molecule has 0 aliphatic heterocycles.